The molecule has 10 heavy (non-hydrogen) atoms. The lowest BCUT2D eigenvalue weighted by Crippen LogP contribution is -2.08. The van der Waals surface area contributed by atoms with Gasteiger partial charge in [-0.2, -0.15) is 0 Å². The minimum absolute atomic E-state index is 0.766. The molecule has 2 heteroatoms. The number of hydrogen-bond donors (Lipinski definition) is 0. The van der Waals surface area contributed by atoms with Gasteiger partial charge in [-0.1, -0.05) is 22.4 Å². The van der Waals surface area contributed by atoms with Gasteiger partial charge in [0.05, 0.1) is 0 Å². The molecule has 1 aliphatic carbocycles. The zero-order valence-corrected chi connectivity index (χ0v) is 8.06. The number of rotatable bonds is 3. The minimum Gasteiger partial charge on any atom is -0.385 e. The lowest BCUT2D eigenvalue weighted by atomic mass is 10.1. The van der Waals surface area contributed by atoms with Gasteiger partial charge in [0.15, 0.2) is 0 Å². The van der Waals surface area contributed by atoms with Crippen LogP contribution >= 0.6 is 15.9 Å². The average Bonchev–Trinajstić information content (AvgIpc) is 2.31. The Hall–Kier alpha value is 0.440. The molecular weight excluding hydrogens is 192 g/mol. The van der Waals surface area contributed by atoms with E-state index >= 15 is 0 Å². The van der Waals surface area contributed by atoms with Crippen LogP contribution in [-0.2, 0) is 4.74 Å². The van der Waals surface area contributed by atoms with Gasteiger partial charge in [-0.25, -0.2) is 0 Å². The van der Waals surface area contributed by atoms with Gasteiger partial charge in [-0.05, 0) is 25.2 Å². The maximum atomic E-state index is 5.03. The minimum atomic E-state index is 0.766. The number of methoxy groups -OCH3 is 1. The van der Waals surface area contributed by atoms with Crippen LogP contribution in [0.4, 0.5) is 0 Å². The van der Waals surface area contributed by atoms with E-state index in [2.05, 4.69) is 15.9 Å². The van der Waals surface area contributed by atoms with Crippen molar-refractivity contribution in [1.82, 2.24) is 0 Å². The molecule has 0 N–H and O–H groups in total. The summed E-state index contributed by atoms with van der Waals surface area (Å²) in [6.07, 6.45) is 5.37. The fourth-order valence-electron chi connectivity index (χ4n) is 1.59. The Balaban J connectivity index is 2.14. The molecule has 0 spiro atoms. The number of ether oxygens (including phenoxy) is 1. The van der Waals surface area contributed by atoms with Crippen LogP contribution in [0.2, 0.25) is 0 Å². The summed E-state index contributed by atoms with van der Waals surface area (Å²) in [5, 5.41) is 0. The summed E-state index contributed by atoms with van der Waals surface area (Å²) >= 11 is 3.68. The zero-order chi connectivity index (χ0) is 7.40. The average molecular weight is 207 g/mol. The Bertz CT molecular complexity index is 95.3. The quantitative estimate of drug-likeness (QED) is 0.646. The van der Waals surface area contributed by atoms with Gasteiger partial charge in [0.25, 0.3) is 0 Å². The van der Waals surface area contributed by atoms with E-state index in [-0.39, 0.29) is 0 Å². The molecule has 0 bridgehead atoms. The third kappa shape index (κ3) is 2.24. The van der Waals surface area contributed by atoms with E-state index in [1.54, 1.807) is 7.11 Å². The predicted octanol–water partition coefficient (Wildman–Crippen LogP) is 2.59. The fourth-order valence-corrected chi connectivity index (χ4v) is 2.44. The predicted molar refractivity (Wildman–Crippen MR) is 46.5 cm³/mol. The Morgan fingerprint density at radius 1 is 1.50 bits per heavy atom. The maximum Gasteiger partial charge on any atom is 0.0465 e. The van der Waals surface area contributed by atoms with E-state index in [0.717, 1.165) is 17.4 Å². The standard InChI is InChI=1S/C8H15BrO/c1-10-6-5-7-3-2-4-8(7)9/h7-8H,2-6H2,1H3. The highest BCUT2D eigenvalue weighted by molar-refractivity contribution is 9.09. The van der Waals surface area contributed by atoms with E-state index in [1.807, 2.05) is 0 Å². The smallest absolute Gasteiger partial charge is 0.0465 e. The van der Waals surface area contributed by atoms with Crippen molar-refractivity contribution in [2.45, 2.75) is 30.5 Å². The highest BCUT2D eigenvalue weighted by Crippen LogP contribution is 2.33. The summed E-state index contributed by atoms with van der Waals surface area (Å²) in [6.45, 7) is 0.923. The Morgan fingerprint density at radius 2 is 2.30 bits per heavy atom. The summed E-state index contributed by atoms with van der Waals surface area (Å²) < 4.78 is 5.03. The van der Waals surface area contributed by atoms with Crippen LogP contribution in [0.5, 0.6) is 0 Å². The largest absolute Gasteiger partial charge is 0.385 e. The lowest BCUT2D eigenvalue weighted by molar-refractivity contribution is 0.179. The molecule has 0 aliphatic heterocycles. The molecule has 0 radical (unpaired) electrons. The third-order valence-electron chi connectivity index (χ3n) is 2.26. The molecule has 0 aromatic heterocycles. The van der Waals surface area contributed by atoms with Crippen LogP contribution in [0.15, 0.2) is 0 Å². The van der Waals surface area contributed by atoms with Crippen LogP contribution < -0.4 is 0 Å². The first-order chi connectivity index (χ1) is 4.84. The van der Waals surface area contributed by atoms with Crippen LogP contribution in [0.25, 0.3) is 0 Å². The second-order valence-electron chi connectivity index (χ2n) is 2.99. The first-order valence-electron chi connectivity index (χ1n) is 3.97. The normalized spacial score (nSPS) is 33.0. The number of halogens is 1. The Morgan fingerprint density at radius 3 is 2.80 bits per heavy atom. The highest BCUT2D eigenvalue weighted by Gasteiger charge is 2.23. The van der Waals surface area contributed by atoms with Crippen molar-refractivity contribution in [3.05, 3.63) is 0 Å². The molecule has 0 amide bonds. The van der Waals surface area contributed by atoms with Gasteiger partial charge in [-0.15, -0.1) is 0 Å². The molecule has 1 nitrogen and oxygen atoms in total. The zero-order valence-electron chi connectivity index (χ0n) is 6.48. The maximum absolute atomic E-state index is 5.03. The second-order valence-corrected chi connectivity index (χ2v) is 4.16. The molecule has 2 unspecified atom stereocenters. The van der Waals surface area contributed by atoms with Crippen molar-refractivity contribution < 1.29 is 4.74 Å². The van der Waals surface area contributed by atoms with Crippen LogP contribution in [-0.4, -0.2) is 18.5 Å². The molecule has 60 valence electrons. The van der Waals surface area contributed by atoms with Crippen LogP contribution in [0.3, 0.4) is 0 Å². The SMILES string of the molecule is COCCC1CCCC1Br. The van der Waals surface area contributed by atoms with Crippen molar-refractivity contribution in [2.24, 2.45) is 5.92 Å². The summed E-state index contributed by atoms with van der Waals surface area (Å²) in [4.78, 5) is 0.766. The topological polar surface area (TPSA) is 9.23 Å². The van der Waals surface area contributed by atoms with Gasteiger partial charge < -0.3 is 4.74 Å². The van der Waals surface area contributed by atoms with Crippen LogP contribution in [0.1, 0.15) is 25.7 Å². The summed E-state index contributed by atoms with van der Waals surface area (Å²) in [5.41, 5.74) is 0. The third-order valence-corrected chi connectivity index (χ3v) is 3.46. The van der Waals surface area contributed by atoms with E-state index in [0.29, 0.717) is 0 Å². The van der Waals surface area contributed by atoms with E-state index in [4.69, 9.17) is 4.74 Å². The Labute approximate surface area is 71.3 Å². The monoisotopic (exact) mass is 206 g/mol. The highest BCUT2D eigenvalue weighted by atomic mass is 79.9. The molecule has 1 saturated carbocycles. The second kappa shape index (κ2) is 4.35. The van der Waals surface area contributed by atoms with Crippen LogP contribution in [0, 0.1) is 5.92 Å². The molecular formula is C8H15BrO. The van der Waals surface area contributed by atoms with E-state index in [1.165, 1.54) is 25.7 Å². The lowest BCUT2D eigenvalue weighted by Gasteiger charge is -2.11. The van der Waals surface area contributed by atoms with Gasteiger partial charge in [0.1, 0.15) is 0 Å². The summed E-state index contributed by atoms with van der Waals surface area (Å²) in [6, 6.07) is 0. The van der Waals surface area contributed by atoms with E-state index < -0.39 is 0 Å². The van der Waals surface area contributed by atoms with Gasteiger partial charge in [-0.3, -0.25) is 0 Å². The molecule has 2 atom stereocenters. The van der Waals surface area contributed by atoms with Gasteiger partial charge in [0, 0.05) is 18.5 Å². The van der Waals surface area contributed by atoms with Crippen molar-refractivity contribution in [3.63, 3.8) is 0 Å². The number of hydrogen-bond acceptors (Lipinski definition) is 1. The molecule has 1 fully saturated rings. The van der Waals surface area contributed by atoms with E-state index in [9.17, 15) is 0 Å². The number of alkyl halides is 1. The van der Waals surface area contributed by atoms with Gasteiger partial charge in [0.2, 0.25) is 0 Å². The first kappa shape index (κ1) is 8.54. The Kier molecular flexibility index (Phi) is 3.71. The van der Waals surface area contributed by atoms with Crippen molar-refractivity contribution >= 4 is 15.9 Å². The fraction of sp³-hybridized carbons (Fsp3) is 1.00. The van der Waals surface area contributed by atoms with Gasteiger partial charge >= 0.3 is 0 Å². The summed E-state index contributed by atoms with van der Waals surface area (Å²) in [7, 11) is 1.78. The van der Waals surface area contributed by atoms with Crippen molar-refractivity contribution in [3.8, 4) is 0 Å². The molecule has 0 saturated heterocycles. The molecule has 0 aromatic carbocycles. The molecule has 1 rings (SSSR count). The molecule has 0 heterocycles. The summed E-state index contributed by atoms with van der Waals surface area (Å²) in [5.74, 6) is 0.875. The molecule has 0 aromatic rings. The van der Waals surface area contributed by atoms with Crippen molar-refractivity contribution in [2.75, 3.05) is 13.7 Å². The first-order valence-corrected chi connectivity index (χ1v) is 4.89. The van der Waals surface area contributed by atoms with Crippen molar-refractivity contribution in [1.29, 1.82) is 0 Å². The molecule has 1 aliphatic rings.